The molecule has 12 aromatic carbocycles. The van der Waals surface area contributed by atoms with Crippen molar-refractivity contribution in [2.45, 2.75) is 5.41 Å². The van der Waals surface area contributed by atoms with Crippen LogP contribution in [-0.4, -0.2) is 0 Å². The summed E-state index contributed by atoms with van der Waals surface area (Å²) in [6.07, 6.45) is 3.65. The standard InChI is InChI=1S/C71H44N2O4/c1-3-45-19-21-51-39-57(31-25-47(51)35-45)74-67-15-9-17-69(63(67)43-72)76-59-33-27-49-37-55(29-23-53(49)41-59)71(65-13-7-5-11-61(65)62-12-6-8-14-66(62)71)56-30-24-54-42-60(34-28-50(54)38-56)77-70-18-10-16-68(64(70)44-73)75-58-32-26-48-36-46(4-2)20-22-52(48)40-58/h3-42H,1-2H2. The van der Waals surface area contributed by atoms with Crippen LogP contribution in [0.3, 0.4) is 0 Å². The maximum Gasteiger partial charge on any atom is 0.149 e. The maximum absolute atomic E-state index is 10.4. The molecule has 0 fully saturated rings. The average molecular weight is 989 g/mol. The molecule has 0 heterocycles. The van der Waals surface area contributed by atoms with Crippen molar-refractivity contribution in [3.8, 4) is 69.3 Å². The van der Waals surface area contributed by atoms with E-state index >= 15 is 0 Å². The zero-order valence-electron chi connectivity index (χ0n) is 41.5. The first kappa shape index (κ1) is 46.1. The number of hydrogen-bond acceptors (Lipinski definition) is 6. The van der Waals surface area contributed by atoms with Crippen molar-refractivity contribution in [2.75, 3.05) is 0 Å². The highest BCUT2D eigenvalue weighted by atomic mass is 16.5. The first-order valence-electron chi connectivity index (χ1n) is 25.3. The van der Waals surface area contributed by atoms with E-state index in [4.69, 9.17) is 18.9 Å². The monoisotopic (exact) mass is 988 g/mol. The lowest BCUT2D eigenvalue weighted by molar-refractivity contribution is 0.457. The van der Waals surface area contributed by atoms with Gasteiger partial charge in [0.25, 0.3) is 0 Å². The van der Waals surface area contributed by atoms with E-state index in [1.807, 2.05) is 109 Å². The largest absolute Gasteiger partial charge is 0.456 e. The van der Waals surface area contributed by atoms with Gasteiger partial charge in [-0.15, -0.1) is 0 Å². The Morgan fingerprint density at radius 3 is 0.987 bits per heavy atom. The predicted molar refractivity (Wildman–Crippen MR) is 309 cm³/mol. The van der Waals surface area contributed by atoms with E-state index in [-0.39, 0.29) is 0 Å². The second kappa shape index (κ2) is 19.0. The fourth-order valence-electron chi connectivity index (χ4n) is 11.0. The molecule has 0 spiro atoms. The van der Waals surface area contributed by atoms with Crippen molar-refractivity contribution in [3.63, 3.8) is 0 Å². The lowest BCUT2D eigenvalue weighted by atomic mass is 9.67. The Kier molecular flexibility index (Phi) is 11.4. The lowest BCUT2D eigenvalue weighted by Gasteiger charge is -2.34. The van der Waals surface area contributed by atoms with Crippen LogP contribution >= 0.6 is 0 Å². The van der Waals surface area contributed by atoms with E-state index in [9.17, 15) is 10.5 Å². The molecule has 0 saturated carbocycles. The van der Waals surface area contributed by atoms with Gasteiger partial charge in [-0.25, -0.2) is 0 Å². The summed E-state index contributed by atoms with van der Waals surface area (Å²) >= 11 is 0. The topological polar surface area (TPSA) is 84.5 Å². The first-order chi connectivity index (χ1) is 37.9. The Balaban J connectivity index is 0.816. The predicted octanol–water partition coefficient (Wildman–Crippen LogP) is 18.9. The molecule has 362 valence electrons. The minimum absolute atomic E-state index is 0.301. The third-order valence-corrected chi connectivity index (χ3v) is 14.7. The van der Waals surface area contributed by atoms with E-state index in [0.717, 1.165) is 65.3 Å². The molecule has 0 unspecified atom stereocenters. The van der Waals surface area contributed by atoms with Crippen LogP contribution in [0.4, 0.5) is 0 Å². The van der Waals surface area contributed by atoms with Crippen molar-refractivity contribution in [2.24, 2.45) is 0 Å². The summed E-state index contributed by atoms with van der Waals surface area (Å²) in [5, 5.41) is 29.1. The summed E-state index contributed by atoms with van der Waals surface area (Å²) in [5.41, 5.74) is 9.06. The van der Waals surface area contributed by atoms with Gasteiger partial charge >= 0.3 is 0 Å². The Bertz CT molecular complexity index is 4210. The lowest BCUT2D eigenvalue weighted by Crippen LogP contribution is -2.28. The molecule has 0 aromatic heterocycles. The highest BCUT2D eigenvalue weighted by Gasteiger charge is 2.46. The summed E-state index contributed by atoms with van der Waals surface area (Å²) in [5.74, 6) is 4.05. The molecular formula is C71H44N2O4. The normalized spacial score (nSPS) is 12.1. The second-order valence-corrected chi connectivity index (χ2v) is 19.1. The van der Waals surface area contributed by atoms with Crippen LogP contribution in [0.15, 0.2) is 244 Å². The van der Waals surface area contributed by atoms with Gasteiger partial charge in [0.2, 0.25) is 0 Å². The molecule has 12 aromatic rings. The van der Waals surface area contributed by atoms with Crippen molar-refractivity contribution in [1.29, 1.82) is 10.5 Å². The van der Waals surface area contributed by atoms with Crippen LogP contribution in [0.5, 0.6) is 46.0 Å². The van der Waals surface area contributed by atoms with Crippen LogP contribution in [0.2, 0.25) is 0 Å². The Labute approximate surface area is 445 Å². The zero-order chi connectivity index (χ0) is 52.0. The van der Waals surface area contributed by atoms with Crippen molar-refractivity contribution in [3.05, 3.63) is 288 Å². The molecule has 77 heavy (non-hydrogen) atoms. The molecule has 1 aliphatic carbocycles. The van der Waals surface area contributed by atoms with Crippen LogP contribution in [0.1, 0.15) is 44.5 Å². The Morgan fingerprint density at radius 2 is 0.636 bits per heavy atom. The number of nitrogens with zero attached hydrogens (tertiary/aromatic N) is 2. The fraction of sp³-hybridized carbons (Fsp3) is 0.0141. The molecule has 0 radical (unpaired) electrons. The van der Waals surface area contributed by atoms with Gasteiger partial charge in [-0.3, -0.25) is 0 Å². The van der Waals surface area contributed by atoms with Gasteiger partial charge in [-0.2, -0.15) is 10.5 Å². The molecule has 0 amide bonds. The molecule has 6 heteroatoms. The molecule has 0 saturated heterocycles. The van der Waals surface area contributed by atoms with Gasteiger partial charge in [0.1, 0.15) is 69.3 Å². The first-order valence-corrected chi connectivity index (χ1v) is 25.3. The zero-order valence-corrected chi connectivity index (χ0v) is 41.5. The summed E-state index contributed by atoms with van der Waals surface area (Å²) in [6.45, 7) is 7.77. The van der Waals surface area contributed by atoms with Gasteiger partial charge < -0.3 is 18.9 Å². The molecular weight excluding hydrogens is 945 g/mol. The van der Waals surface area contributed by atoms with E-state index in [2.05, 4.69) is 134 Å². The van der Waals surface area contributed by atoms with Crippen LogP contribution in [0.25, 0.3) is 66.4 Å². The summed E-state index contributed by atoms with van der Waals surface area (Å²) < 4.78 is 25.6. The van der Waals surface area contributed by atoms with Crippen molar-refractivity contribution < 1.29 is 18.9 Å². The number of ether oxygens (including phenoxy) is 4. The van der Waals surface area contributed by atoms with Crippen LogP contribution in [0, 0.1) is 22.7 Å². The smallest absolute Gasteiger partial charge is 0.149 e. The quantitative estimate of drug-likeness (QED) is 0.121. The highest BCUT2D eigenvalue weighted by molar-refractivity contribution is 5.93. The summed E-state index contributed by atoms with van der Waals surface area (Å²) in [7, 11) is 0. The van der Waals surface area contributed by atoms with Gasteiger partial charge in [-0.05, 0) is 185 Å². The SMILES string of the molecule is C=Cc1ccc2cc(Oc3cccc(Oc4ccc5cc(C6(c7ccc8cc(Oc9cccc(Oc%10ccc%11cc(C=C)ccc%11c%10)c9C#N)ccc8c7)c7ccccc7-c7ccccc76)ccc5c4)c3C#N)ccc2c1. The molecule has 0 bridgehead atoms. The van der Waals surface area contributed by atoms with Crippen molar-refractivity contribution in [1.82, 2.24) is 0 Å². The number of fused-ring (bicyclic) bond motifs is 7. The third-order valence-electron chi connectivity index (χ3n) is 14.7. The van der Waals surface area contributed by atoms with Gasteiger partial charge in [0.15, 0.2) is 0 Å². The molecule has 0 N–H and O–H groups in total. The van der Waals surface area contributed by atoms with E-state index < -0.39 is 5.41 Å². The minimum Gasteiger partial charge on any atom is -0.456 e. The van der Waals surface area contributed by atoms with Crippen molar-refractivity contribution >= 4 is 55.2 Å². The average Bonchev–Trinajstić information content (AvgIpc) is 4.03. The minimum atomic E-state index is -0.663. The Hall–Kier alpha value is -10.7. The van der Waals surface area contributed by atoms with Gasteiger partial charge in [0.05, 0.1) is 5.41 Å². The molecule has 13 rings (SSSR count). The summed E-state index contributed by atoms with van der Waals surface area (Å²) in [6, 6.07) is 82.3. The molecule has 6 nitrogen and oxygen atoms in total. The maximum atomic E-state index is 10.4. The van der Waals surface area contributed by atoms with E-state index in [1.54, 1.807) is 24.3 Å². The fourth-order valence-corrected chi connectivity index (χ4v) is 11.0. The van der Waals surface area contributed by atoms with Crippen LogP contribution in [-0.2, 0) is 5.41 Å². The number of nitriles is 2. The van der Waals surface area contributed by atoms with Crippen LogP contribution < -0.4 is 18.9 Å². The molecule has 0 atom stereocenters. The molecule has 1 aliphatic rings. The Morgan fingerprint density at radius 1 is 0.325 bits per heavy atom. The summed E-state index contributed by atoms with van der Waals surface area (Å²) in [4.78, 5) is 0. The van der Waals surface area contributed by atoms with Gasteiger partial charge in [0, 0.05) is 0 Å². The second-order valence-electron chi connectivity index (χ2n) is 19.1. The number of rotatable bonds is 12. The number of benzene rings is 12. The number of hydrogen-bond donors (Lipinski definition) is 0. The third kappa shape index (κ3) is 8.15. The molecule has 0 aliphatic heterocycles. The van der Waals surface area contributed by atoms with Gasteiger partial charge in [-0.1, -0.05) is 159 Å². The van der Waals surface area contributed by atoms with E-state index in [0.29, 0.717) is 57.1 Å². The van der Waals surface area contributed by atoms with E-state index in [1.165, 1.54) is 22.3 Å². The highest BCUT2D eigenvalue weighted by Crippen LogP contribution is 2.57.